The van der Waals surface area contributed by atoms with Crippen molar-refractivity contribution in [3.8, 4) is 17.0 Å². The van der Waals surface area contributed by atoms with Crippen molar-refractivity contribution in [3.63, 3.8) is 0 Å². The van der Waals surface area contributed by atoms with E-state index in [0.29, 0.717) is 16.6 Å². The number of carbonyl (C=O) groups excluding carboxylic acids is 1. The maximum atomic E-state index is 11.5. The van der Waals surface area contributed by atoms with E-state index in [4.69, 9.17) is 9.15 Å². The molecule has 0 unspecified atom stereocenters. The number of nitrogens with one attached hydrogen (secondary N) is 1. The number of esters is 1. The SMILES string of the molecule is COC(=O)c1ccc(COc2ccccc2C=NNc2nc(-c3ccccc3)cs2)o1. The van der Waals surface area contributed by atoms with Crippen molar-refractivity contribution in [3.05, 3.63) is 89.2 Å². The number of hydrazone groups is 1. The Balaban J connectivity index is 1.38. The molecule has 0 aliphatic carbocycles. The van der Waals surface area contributed by atoms with Crippen molar-refractivity contribution in [2.24, 2.45) is 5.10 Å². The summed E-state index contributed by atoms with van der Waals surface area (Å²) in [6, 6.07) is 20.7. The van der Waals surface area contributed by atoms with Gasteiger partial charge in [0.2, 0.25) is 10.9 Å². The third-order valence-corrected chi connectivity index (χ3v) is 5.02. The predicted octanol–water partition coefficient (Wildman–Crippen LogP) is 5.21. The lowest BCUT2D eigenvalue weighted by Gasteiger charge is -2.07. The Morgan fingerprint density at radius 2 is 1.94 bits per heavy atom. The summed E-state index contributed by atoms with van der Waals surface area (Å²) in [7, 11) is 1.30. The lowest BCUT2D eigenvalue weighted by molar-refractivity contribution is 0.0561. The lowest BCUT2D eigenvalue weighted by atomic mass is 10.2. The average molecular weight is 433 g/mol. The molecule has 0 atom stereocenters. The maximum Gasteiger partial charge on any atom is 0.373 e. The van der Waals surface area contributed by atoms with Crippen LogP contribution in [0, 0.1) is 0 Å². The van der Waals surface area contributed by atoms with Gasteiger partial charge >= 0.3 is 5.97 Å². The van der Waals surface area contributed by atoms with Gasteiger partial charge < -0.3 is 13.9 Å². The van der Waals surface area contributed by atoms with Gasteiger partial charge in [0.15, 0.2) is 0 Å². The summed E-state index contributed by atoms with van der Waals surface area (Å²) in [5, 5.41) is 6.96. The maximum absolute atomic E-state index is 11.5. The van der Waals surface area contributed by atoms with Crippen LogP contribution in [0.4, 0.5) is 5.13 Å². The molecular weight excluding hydrogens is 414 g/mol. The number of nitrogens with zero attached hydrogens (tertiary/aromatic N) is 2. The van der Waals surface area contributed by atoms with E-state index in [-0.39, 0.29) is 12.4 Å². The highest BCUT2D eigenvalue weighted by molar-refractivity contribution is 7.14. The number of benzene rings is 2. The van der Waals surface area contributed by atoms with E-state index < -0.39 is 5.97 Å². The highest BCUT2D eigenvalue weighted by Gasteiger charge is 2.12. The highest BCUT2D eigenvalue weighted by Crippen LogP contribution is 2.25. The average Bonchev–Trinajstić information content (AvgIpc) is 3.48. The fourth-order valence-electron chi connectivity index (χ4n) is 2.76. The van der Waals surface area contributed by atoms with Crippen molar-refractivity contribution < 1.29 is 18.7 Å². The Morgan fingerprint density at radius 1 is 1.13 bits per heavy atom. The number of furan rings is 1. The van der Waals surface area contributed by atoms with Gasteiger partial charge in [-0.2, -0.15) is 5.10 Å². The van der Waals surface area contributed by atoms with Crippen molar-refractivity contribution in [2.75, 3.05) is 12.5 Å². The van der Waals surface area contributed by atoms with Crippen LogP contribution in [0.2, 0.25) is 0 Å². The van der Waals surface area contributed by atoms with Crippen LogP contribution < -0.4 is 10.2 Å². The Morgan fingerprint density at radius 3 is 2.77 bits per heavy atom. The molecule has 156 valence electrons. The van der Waals surface area contributed by atoms with Crippen LogP contribution in [0.5, 0.6) is 5.75 Å². The van der Waals surface area contributed by atoms with Crippen LogP contribution in [0.15, 0.2) is 81.6 Å². The summed E-state index contributed by atoms with van der Waals surface area (Å²) < 4.78 is 15.9. The zero-order valence-corrected chi connectivity index (χ0v) is 17.5. The molecule has 4 aromatic rings. The van der Waals surface area contributed by atoms with Gasteiger partial charge in [-0.15, -0.1) is 11.3 Å². The number of aromatic nitrogens is 1. The van der Waals surface area contributed by atoms with Gasteiger partial charge in [0.25, 0.3) is 0 Å². The Hall–Kier alpha value is -3.91. The number of methoxy groups -OCH3 is 1. The van der Waals surface area contributed by atoms with E-state index in [9.17, 15) is 4.79 Å². The molecule has 0 aliphatic rings. The molecule has 0 bridgehead atoms. The van der Waals surface area contributed by atoms with E-state index in [1.807, 2.05) is 60.0 Å². The zero-order chi connectivity index (χ0) is 21.5. The minimum atomic E-state index is -0.525. The smallest absolute Gasteiger partial charge is 0.373 e. The second-order valence-electron chi connectivity index (χ2n) is 6.36. The van der Waals surface area contributed by atoms with Crippen LogP contribution in [-0.4, -0.2) is 24.3 Å². The van der Waals surface area contributed by atoms with Gasteiger partial charge in [0, 0.05) is 16.5 Å². The highest BCUT2D eigenvalue weighted by atomic mass is 32.1. The minimum absolute atomic E-state index is 0.137. The Bertz CT molecular complexity index is 1180. The Labute approximate surface area is 183 Å². The molecule has 31 heavy (non-hydrogen) atoms. The molecule has 0 fully saturated rings. The summed E-state index contributed by atoms with van der Waals surface area (Å²) in [6.07, 6.45) is 1.67. The summed E-state index contributed by atoms with van der Waals surface area (Å²) in [5.74, 6) is 0.760. The molecular formula is C23H19N3O4S. The summed E-state index contributed by atoms with van der Waals surface area (Å²) in [5.41, 5.74) is 5.70. The van der Waals surface area contributed by atoms with Crippen LogP contribution in [0.3, 0.4) is 0 Å². The van der Waals surface area contributed by atoms with Crippen molar-refractivity contribution in [1.29, 1.82) is 0 Å². The monoisotopic (exact) mass is 433 g/mol. The molecule has 2 aromatic heterocycles. The molecule has 0 aliphatic heterocycles. The fourth-order valence-corrected chi connectivity index (χ4v) is 3.43. The molecule has 2 heterocycles. The van der Waals surface area contributed by atoms with Gasteiger partial charge in [-0.1, -0.05) is 42.5 Å². The molecule has 0 saturated heterocycles. The fraction of sp³-hybridized carbons (Fsp3) is 0.0870. The number of hydrogen-bond acceptors (Lipinski definition) is 8. The zero-order valence-electron chi connectivity index (χ0n) is 16.6. The van der Waals surface area contributed by atoms with Crippen molar-refractivity contribution in [1.82, 2.24) is 4.98 Å². The first-order chi connectivity index (χ1) is 15.2. The summed E-state index contributed by atoms with van der Waals surface area (Å²) in [4.78, 5) is 16.0. The quantitative estimate of drug-likeness (QED) is 0.233. The number of carbonyl (C=O) groups is 1. The number of ether oxygens (including phenoxy) is 2. The van der Waals surface area contributed by atoms with Crippen LogP contribution in [0.25, 0.3) is 11.3 Å². The van der Waals surface area contributed by atoms with Gasteiger partial charge in [0.05, 0.1) is 19.0 Å². The largest absolute Gasteiger partial charge is 0.485 e. The molecule has 0 radical (unpaired) electrons. The topological polar surface area (TPSA) is 86.0 Å². The molecule has 1 N–H and O–H groups in total. The predicted molar refractivity (Wildman–Crippen MR) is 120 cm³/mol. The number of anilines is 1. The van der Waals surface area contributed by atoms with Gasteiger partial charge in [0.1, 0.15) is 18.1 Å². The van der Waals surface area contributed by atoms with E-state index in [1.165, 1.54) is 18.4 Å². The van der Waals surface area contributed by atoms with Crippen LogP contribution in [-0.2, 0) is 11.3 Å². The third-order valence-electron chi connectivity index (χ3n) is 4.27. The first-order valence-electron chi connectivity index (χ1n) is 9.42. The van der Waals surface area contributed by atoms with E-state index in [1.54, 1.807) is 18.3 Å². The normalized spacial score (nSPS) is 10.9. The number of para-hydroxylation sites is 1. The summed E-state index contributed by atoms with van der Waals surface area (Å²) >= 11 is 1.48. The number of thiazole rings is 1. The minimum Gasteiger partial charge on any atom is -0.485 e. The second kappa shape index (κ2) is 9.73. The van der Waals surface area contributed by atoms with E-state index >= 15 is 0 Å². The number of rotatable bonds is 8. The van der Waals surface area contributed by atoms with Gasteiger partial charge in [-0.3, -0.25) is 5.43 Å². The molecule has 2 aromatic carbocycles. The molecule has 0 amide bonds. The van der Waals surface area contributed by atoms with E-state index in [0.717, 1.165) is 16.8 Å². The summed E-state index contributed by atoms with van der Waals surface area (Å²) in [6.45, 7) is 0.169. The lowest BCUT2D eigenvalue weighted by Crippen LogP contribution is -2.00. The Kier molecular flexibility index (Phi) is 6.39. The first kappa shape index (κ1) is 20.4. The van der Waals surface area contributed by atoms with Crippen LogP contribution in [0.1, 0.15) is 21.9 Å². The van der Waals surface area contributed by atoms with Gasteiger partial charge in [-0.05, 0) is 24.3 Å². The van der Waals surface area contributed by atoms with Crippen molar-refractivity contribution in [2.45, 2.75) is 6.61 Å². The third kappa shape index (κ3) is 5.18. The molecule has 0 saturated carbocycles. The molecule has 0 spiro atoms. The standard InChI is InChI=1S/C23H19N3O4S/c1-28-22(27)21-12-11-18(30-21)14-29-20-10-6-5-9-17(20)13-24-26-23-25-19(15-31-23)16-7-3-2-4-8-16/h2-13,15H,14H2,1H3,(H,25,26). The number of hydrogen-bond donors (Lipinski definition) is 1. The first-order valence-corrected chi connectivity index (χ1v) is 10.3. The molecule has 4 rings (SSSR count). The van der Waals surface area contributed by atoms with Gasteiger partial charge in [-0.25, -0.2) is 9.78 Å². The second-order valence-corrected chi connectivity index (χ2v) is 7.22. The van der Waals surface area contributed by atoms with Crippen LogP contribution >= 0.6 is 11.3 Å². The molecule has 7 nitrogen and oxygen atoms in total. The van der Waals surface area contributed by atoms with Crippen molar-refractivity contribution >= 4 is 28.7 Å². The molecule has 8 heteroatoms. The van der Waals surface area contributed by atoms with E-state index in [2.05, 4.69) is 20.2 Å².